The first-order valence-corrected chi connectivity index (χ1v) is 6.83. The third kappa shape index (κ3) is 5.27. The van der Waals surface area contributed by atoms with E-state index in [1.165, 1.54) is 0 Å². The van der Waals surface area contributed by atoms with E-state index < -0.39 is 5.97 Å². The first-order chi connectivity index (χ1) is 8.51. The van der Waals surface area contributed by atoms with Crippen LogP contribution < -0.4 is 5.32 Å². The zero-order valence-corrected chi connectivity index (χ0v) is 11.4. The molecule has 2 N–H and O–H groups in total. The van der Waals surface area contributed by atoms with Gasteiger partial charge in [0.15, 0.2) is 0 Å². The van der Waals surface area contributed by atoms with E-state index in [-0.39, 0.29) is 24.8 Å². The number of rotatable bonds is 7. The monoisotopic (exact) mass is 270 g/mol. The molecule has 1 heterocycles. The lowest BCUT2D eigenvalue weighted by Gasteiger charge is -2.11. The molecule has 0 aromatic carbocycles. The summed E-state index contributed by atoms with van der Waals surface area (Å²) in [5.41, 5.74) is 0.778. The molecule has 1 aromatic rings. The predicted octanol–water partition coefficient (Wildman–Crippen LogP) is 1.62. The molecule has 1 unspecified atom stereocenters. The molecule has 0 fully saturated rings. The van der Waals surface area contributed by atoms with Crippen molar-refractivity contribution in [1.82, 2.24) is 10.3 Å². The van der Waals surface area contributed by atoms with Crippen LogP contribution in [0.5, 0.6) is 0 Å². The van der Waals surface area contributed by atoms with E-state index in [1.54, 1.807) is 18.3 Å². The number of carboxylic acid groups (broad SMARTS) is 1. The number of nitrogens with one attached hydrogen (secondary N) is 1. The smallest absolute Gasteiger partial charge is 0.303 e. The van der Waals surface area contributed by atoms with Crippen LogP contribution in [0, 0.1) is 0 Å². The number of carbonyl (C=O) groups is 2. The van der Waals surface area contributed by atoms with Crippen molar-refractivity contribution in [3.63, 3.8) is 0 Å². The summed E-state index contributed by atoms with van der Waals surface area (Å²) in [6.07, 6.45) is 1.64. The van der Waals surface area contributed by atoms with E-state index >= 15 is 0 Å². The van der Waals surface area contributed by atoms with Gasteiger partial charge < -0.3 is 10.4 Å². The van der Waals surface area contributed by atoms with E-state index in [2.05, 4.69) is 10.3 Å². The van der Waals surface area contributed by atoms with Crippen LogP contribution in [0.2, 0.25) is 0 Å². The maximum atomic E-state index is 11.7. The number of hydrogen-bond donors (Lipinski definition) is 2. The van der Waals surface area contributed by atoms with Crippen molar-refractivity contribution >= 4 is 23.2 Å². The second-order valence-corrected chi connectivity index (χ2v) is 5.11. The Hall–Kier alpha value is -1.43. The van der Waals surface area contributed by atoms with Crippen LogP contribution >= 0.6 is 11.3 Å². The minimum atomic E-state index is -0.844. The molecule has 1 atom stereocenters. The van der Waals surface area contributed by atoms with Gasteiger partial charge >= 0.3 is 5.97 Å². The van der Waals surface area contributed by atoms with E-state index in [0.29, 0.717) is 6.42 Å². The summed E-state index contributed by atoms with van der Waals surface area (Å²) in [4.78, 5) is 26.4. The van der Waals surface area contributed by atoms with E-state index in [9.17, 15) is 9.59 Å². The molecule has 1 amide bonds. The summed E-state index contributed by atoms with van der Waals surface area (Å²) >= 11 is 1.56. The number of carbonyl (C=O) groups excluding carboxylic acids is 1. The van der Waals surface area contributed by atoms with Crippen molar-refractivity contribution in [3.8, 4) is 0 Å². The van der Waals surface area contributed by atoms with E-state index in [1.807, 2.05) is 12.3 Å². The summed E-state index contributed by atoms with van der Waals surface area (Å²) in [5, 5.41) is 14.2. The van der Waals surface area contributed by atoms with Crippen molar-refractivity contribution in [2.45, 2.75) is 45.6 Å². The molecule has 1 aromatic heterocycles. The van der Waals surface area contributed by atoms with Crippen molar-refractivity contribution < 1.29 is 14.7 Å². The summed E-state index contributed by atoms with van der Waals surface area (Å²) < 4.78 is 0. The molecular weight excluding hydrogens is 252 g/mol. The van der Waals surface area contributed by atoms with Gasteiger partial charge in [-0.1, -0.05) is 6.92 Å². The summed E-state index contributed by atoms with van der Waals surface area (Å²) in [5.74, 6) is -0.955. The first-order valence-electron chi connectivity index (χ1n) is 5.95. The topological polar surface area (TPSA) is 79.3 Å². The standard InChI is InChI=1S/C12H18N2O3S/c1-3-11-14-9(7-18-11)6-10(15)13-8(2)4-5-12(16)17/h7-8H,3-6H2,1-2H3,(H,13,15)(H,16,17). The van der Waals surface area contributed by atoms with Crippen LogP contribution in [0.25, 0.3) is 0 Å². The molecule has 100 valence electrons. The molecule has 0 aliphatic carbocycles. The summed E-state index contributed by atoms with van der Waals surface area (Å²) in [6, 6.07) is -0.127. The van der Waals surface area contributed by atoms with Crippen molar-refractivity contribution in [2.24, 2.45) is 0 Å². The molecule has 6 heteroatoms. The summed E-state index contributed by atoms with van der Waals surface area (Å²) in [6.45, 7) is 3.83. The molecular formula is C12H18N2O3S. The number of thiazole rings is 1. The largest absolute Gasteiger partial charge is 0.481 e. The lowest BCUT2D eigenvalue weighted by Crippen LogP contribution is -2.34. The molecule has 0 saturated heterocycles. The molecule has 0 aliphatic rings. The van der Waals surface area contributed by atoms with Gasteiger partial charge in [0.1, 0.15) is 0 Å². The highest BCUT2D eigenvalue weighted by Gasteiger charge is 2.11. The quantitative estimate of drug-likeness (QED) is 0.789. The van der Waals surface area contributed by atoms with E-state index in [4.69, 9.17) is 5.11 Å². The minimum absolute atomic E-state index is 0.0676. The van der Waals surface area contributed by atoms with Gasteiger partial charge in [-0.05, 0) is 19.8 Å². The highest BCUT2D eigenvalue weighted by atomic mass is 32.1. The Balaban J connectivity index is 2.34. The molecule has 0 aliphatic heterocycles. The maximum Gasteiger partial charge on any atom is 0.303 e. The zero-order chi connectivity index (χ0) is 13.5. The maximum absolute atomic E-state index is 11.7. The van der Waals surface area contributed by atoms with Crippen LogP contribution in [0.1, 0.15) is 37.4 Å². The van der Waals surface area contributed by atoms with Crippen LogP contribution in [0.3, 0.4) is 0 Å². The SMILES string of the molecule is CCc1nc(CC(=O)NC(C)CCC(=O)O)cs1. The van der Waals surface area contributed by atoms with Gasteiger partial charge in [0.2, 0.25) is 5.91 Å². The average molecular weight is 270 g/mol. The predicted molar refractivity (Wildman–Crippen MR) is 69.7 cm³/mol. The van der Waals surface area contributed by atoms with Gasteiger partial charge in [-0.25, -0.2) is 4.98 Å². The molecule has 0 bridgehead atoms. The Labute approximate surface area is 110 Å². The van der Waals surface area contributed by atoms with Crippen molar-refractivity contribution in [3.05, 3.63) is 16.1 Å². The summed E-state index contributed by atoms with van der Waals surface area (Å²) in [7, 11) is 0. The van der Waals surface area contributed by atoms with Crippen molar-refractivity contribution in [1.29, 1.82) is 0 Å². The molecule has 1 rings (SSSR count). The Morgan fingerprint density at radius 2 is 2.28 bits per heavy atom. The molecule has 0 radical (unpaired) electrons. The number of hydrogen-bond acceptors (Lipinski definition) is 4. The highest BCUT2D eigenvalue weighted by Crippen LogP contribution is 2.10. The molecule has 0 saturated carbocycles. The third-order valence-corrected chi connectivity index (χ3v) is 3.48. The number of aromatic nitrogens is 1. The van der Waals surface area contributed by atoms with Crippen LogP contribution in [0.4, 0.5) is 0 Å². The molecule has 0 spiro atoms. The Bertz CT molecular complexity index is 417. The number of amides is 1. The number of nitrogens with zero attached hydrogens (tertiary/aromatic N) is 1. The minimum Gasteiger partial charge on any atom is -0.481 e. The van der Waals surface area contributed by atoms with Crippen LogP contribution in [-0.2, 0) is 22.4 Å². The number of aliphatic carboxylic acids is 1. The lowest BCUT2D eigenvalue weighted by atomic mass is 10.2. The van der Waals surface area contributed by atoms with Gasteiger partial charge in [0.05, 0.1) is 17.1 Å². The fourth-order valence-electron chi connectivity index (χ4n) is 1.50. The fourth-order valence-corrected chi connectivity index (χ4v) is 2.24. The van der Waals surface area contributed by atoms with Crippen LogP contribution in [-0.4, -0.2) is 28.0 Å². The van der Waals surface area contributed by atoms with Gasteiger partial charge in [-0.15, -0.1) is 11.3 Å². The van der Waals surface area contributed by atoms with Crippen LogP contribution in [0.15, 0.2) is 5.38 Å². The second kappa shape index (κ2) is 7.10. The van der Waals surface area contributed by atoms with Gasteiger partial charge in [-0.3, -0.25) is 9.59 Å². The van der Waals surface area contributed by atoms with Gasteiger partial charge in [0.25, 0.3) is 0 Å². The Morgan fingerprint density at radius 1 is 1.56 bits per heavy atom. The van der Waals surface area contributed by atoms with E-state index in [0.717, 1.165) is 17.1 Å². The average Bonchev–Trinajstić information content (AvgIpc) is 2.73. The van der Waals surface area contributed by atoms with Gasteiger partial charge in [0, 0.05) is 17.8 Å². The first kappa shape index (κ1) is 14.6. The normalized spacial score (nSPS) is 12.1. The third-order valence-electron chi connectivity index (χ3n) is 2.44. The zero-order valence-electron chi connectivity index (χ0n) is 10.6. The Morgan fingerprint density at radius 3 is 2.83 bits per heavy atom. The fraction of sp³-hybridized carbons (Fsp3) is 0.583. The molecule has 5 nitrogen and oxygen atoms in total. The number of aryl methyl sites for hydroxylation is 1. The van der Waals surface area contributed by atoms with Crippen molar-refractivity contribution in [2.75, 3.05) is 0 Å². The highest BCUT2D eigenvalue weighted by molar-refractivity contribution is 7.09. The number of carboxylic acids is 1. The van der Waals surface area contributed by atoms with Gasteiger partial charge in [-0.2, -0.15) is 0 Å². The molecule has 18 heavy (non-hydrogen) atoms. The lowest BCUT2D eigenvalue weighted by molar-refractivity contribution is -0.137. The Kier molecular flexibility index (Phi) is 5.77. The second-order valence-electron chi connectivity index (χ2n) is 4.16.